The summed E-state index contributed by atoms with van der Waals surface area (Å²) in [7, 11) is -3.27. The number of hydrogen-bond donors (Lipinski definition) is 1. The van der Waals surface area contributed by atoms with Gasteiger partial charge in [0.05, 0.1) is 16.5 Å². The third kappa shape index (κ3) is 7.67. The molecule has 0 aromatic heterocycles. The minimum absolute atomic E-state index is 0. The zero-order valence-corrected chi connectivity index (χ0v) is 22.3. The number of nitrogens with one attached hydrogen (secondary N) is 1. The second-order valence-corrected chi connectivity index (χ2v) is 11.8. The fourth-order valence-electron chi connectivity index (χ4n) is 5.10. The summed E-state index contributed by atoms with van der Waals surface area (Å²) in [6, 6.07) is 15.1. The number of hydrogen-bond acceptors (Lipinski definition) is 5. The van der Waals surface area contributed by atoms with Crippen LogP contribution in [0.3, 0.4) is 0 Å². The van der Waals surface area contributed by atoms with Crippen molar-refractivity contribution in [2.75, 3.05) is 19.3 Å². The van der Waals surface area contributed by atoms with Crippen LogP contribution in [0.4, 0.5) is 0 Å². The summed E-state index contributed by atoms with van der Waals surface area (Å²) in [5, 5.41) is 12.2. The molecule has 1 saturated carbocycles. The molecule has 2 aromatic rings. The maximum Gasteiger partial charge on any atom is 0.244 e. The van der Waals surface area contributed by atoms with Crippen LogP contribution in [0.15, 0.2) is 53.4 Å². The molecule has 1 N–H and O–H groups in total. The van der Waals surface area contributed by atoms with E-state index in [0.29, 0.717) is 11.5 Å². The number of amides is 1. The third-order valence-corrected chi connectivity index (χ3v) is 8.30. The van der Waals surface area contributed by atoms with E-state index < -0.39 is 9.84 Å². The van der Waals surface area contributed by atoms with Crippen LogP contribution in [-0.4, -0.2) is 44.6 Å². The Kier molecular flexibility index (Phi) is 9.72. The molecule has 1 aliphatic heterocycles. The van der Waals surface area contributed by atoms with Crippen LogP contribution in [-0.2, 0) is 27.6 Å². The number of halogens is 1. The second-order valence-electron chi connectivity index (χ2n) is 9.81. The molecule has 0 saturated heterocycles. The molecule has 1 amide bonds. The van der Waals surface area contributed by atoms with Crippen LogP contribution < -0.4 is 5.32 Å². The van der Waals surface area contributed by atoms with Crippen LogP contribution in [0.5, 0.6) is 0 Å². The summed E-state index contributed by atoms with van der Waals surface area (Å²) in [5.41, 5.74) is 4.10. The SMILES string of the molecule is CS(=O)(=O)c1cccc(/C=C/C(=O)NC2CCC(CCN3CCc4cc(C#N)ccc4C3)CC2)c1.Cl. The molecule has 2 aromatic carbocycles. The molecular formula is C28H34ClN3O3S. The van der Waals surface area contributed by atoms with Crippen molar-refractivity contribution in [3.8, 4) is 6.07 Å². The average molecular weight is 528 g/mol. The lowest BCUT2D eigenvalue weighted by molar-refractivity contribution is -0.117. The van der Waals surface area contributed by atoms with Gasteiger partial charge in [0.2, 0.25) is 5.91 Å². The second kappa shape index (κ2) is 12.5. The largest absolute Gasteiger partial charge is 0.350 e. The fraction of sp³-hybridized carbons (Fsp3) is 0.429. The van der Waals surface area contributed by atoms with E-state index in [-0.39, 0.29) is 29.3 Å². The van der Waals surface area contributed by atoms with Gasteiger partial charge in [0.25, 0.3) is 0 Å². The molecule has 0 radical (unpaired) electrons. The Bertz CT molecular complexity index is 1240. The minimum Gasteiger partial charge on any atom is -0.350 e. The summed E-state index contributed by atoms with van der Waals surface area (Å²) >= 11 is 0. The van der Waals surface area contributed by atoms with Gasteiger partial charge < -0.3 is 5.32 Å². The standard InChI is InChI=1S/C28H33N3O3S.ClH/c1-35(33,34)27-4-2-3-22(18-27)8-12-28(32)30-26-10-6-21(7-11-26)13-15-31-16-14-24-17-23(19-29)5-9-25(24)20-31;/h2-5,8-9,12,17-18,21,26H,6-7,10-11,13-16,20H2,1H3,(H,30,32);1H/b12-8+;. The molecule has 0 spiro atoms. The topological polar surface area (TPSA) is 90.3 Å². The molecule has 0 atom stereocenters. The van der Waals surface area contributed by atoms with E-state index >= 15 is 0 Å². The van der Waals surface area contributed by atoms with Gasteiger partial charge >= 0.3 is 0 Å². The van der Waals surface area contributed by atoms with Crippen molar-refractivity contribution < 1.29 is 13.2 Å². The third-order valence-electron chi connectivity index (χ3n) is 7.19. The van der Waals surface area contributed by atoms with Crippen molar-refractivity contribution in [3.63, 3.8) is 0 Å². The van der Waals surface area contributed by atoms with Crippen molar-refractivity contribution in [2.45, 2.75) is 56.0 Å². The van der Waals surface area contributed by atoms with Crippen LogP contribution in [0.1, 0.15) is 54.4 Å². The highest BCUT2D eigenvalue weighted by Gasteiger charge is 2.23. The molecule has 36 heavy (non-hydrogen) atoms. The number of sulfone groups is 1. The van der Waals surface area contributed by atoms with Gasteiger partial charge in [-0.25, -0.2) is 8.42 Å². The number of carbonyl (C=O) groups is 1. The molecule has 0 bridgehead atoms. The summed E-state index contributed by atoms with van der Waals surface area (Å²) in [4.78, 5) is 15.2. The summed E-state index contributed by atoms with van der Waals surface area (Å²) < 4.78 is 23.4. The molecule has 1 heterocycles. The Hall–Kier alpha value is -2.66. The summed E-state index contributed by atoms with van der Waals surface area (Å²) in [5.74, 6) is 0.560. The normalized spacial score (nSPS) is 20.2. The van der Waals surface area contributed by atoms with E-state index in [0.717, 1.165) is 57.3 Å². The van der Waals surface area contributed by atoms with Gasteiger partial charge in [-0.2, -0.15) is 5.26 Å². The number of fused-ring (bicyclic) bond motifs is 1. The molecule has 1 fully saturated rings. The fourth-order valence-corrected chi connectivity index (χ4v) is 5.78. The Morgan fingerprint density at radius 2 is 1.92 bits per heavy atom. The quantitative estimate of drug-likeness (QED) is 0.535. The lowest BCUT2D eigenvalue weighted by atomic mass is 9.84. The zero-order valence-electron chi connectivity index (χ0n) is 20.7. The smallest absolute Gasteiger partial charge is 0.244 e. The number of carbonyl (C=O) groups excluding carboxylic acids is 1. The van der Waals surface area contributed by atoms with E-state index in [9.17, 15) is 13.2 Å². The summed E-state index contributed by atoms with van der Waals surface area (Å²) in [6.45, 7) is 3.11. The highest BCUT2D eigenvalue weighted by Crippen LogP contribution is 2.28. The highest BCUT2D eigenvalue weighted by atomic mass is 35.5. The summed E-state index contributed by atoms with van der Waals surface area (Å²) in [6.07, 6.45) is 10.8. The molecule has 4 rings (SSSR count). The first-order valence-electron chi connectivity index (χ1n) is 12.3. The van der Waals surface area contributed by atoms with E-state index in [1.165, 1.54) is 29.9 Å². The number of nitrogens with zero attached hydrogens (tertiary/aromatic N) is 2. The Morgan fingerprint density at radius 3 is 2.64 bits per heavy atom. The van der Waals surface area contributed by atoms with Crippen molar-refractivity contribution in [2.24, 2.45) is 5.92 Å². The van der Waals surface area contributed by atoms with Gasteiger partial charge in [-0.3, -0.25) is 9.69 Å². The number of benzene rings is 2. The van der Waals surface area contributed by atoms with Crippen LogP contribution in [0.2, 0.25) is 0 Å². The van der Waals surface area contributed by atoms with Crippen LogP contribution >= 0.6 is 12.4 Å². The van der Waals surface area contributed by atoms with E-state index in [1.54, 1.807) is 30.3 Å². The predicted octanol–water partition coefficient (Wildman–Crippen LogP) is 4.52. The Morgan fingerprint density at radius 1 is 1.14 bits per heavy atom. The van der Waals surface area contributed by atoms with Gasteiger partial charge in [0.1, 0.15) is 0 Å². The molecule has 6 nitrogen and oxygen atoms in total. The van der Waals surface area contributed by atoms with Gasteiger partial charge in [-0.1, -0.05) is 18.2 Å². The maximum absolute atomic E-state index is 12.4. The average Bonchev–Trinajstić information content (AvgIpc) is 2.86. The van der Waals surface area contributed by atoms with Gasteiger partial charge in [-0.15, -0.1) is 12.4 Å². The monoisotopic (exact) mass is 527 g/mol. The lowest BCUT2D eigenvalue weighted by Crippen LogP contribution is -2.37. The molecule has 192 valence electrons. The van der Waals surface area contributed by atoms with Crippen LogP contribution in [0, 0.1) is 17.2 Å². The molecule has 8 heteroatoms. The predicted molar refractivity (Wildman–Crippen MR) is 144 cm³/mol. The van der Waals surface area contributed by atoms with E-state index in [2.05, 4.69) is 22.4 Å². The lowest BCUT2D eigenvalue weighted by Gasteiger charge is -2.33. The van der Waals surface area contributed by atoms with Crippen molar-refractivity contribution in [3.05, 3.63) is 70.8 Å². The molecule has 2 aliphatic rings. The molecule has 0 unspecified atom stereocenters. The first-order chi connectivity index (χ1) is 16.8. The first kappa shape index (κ1) is 27.9. The number of nitriles is 1. The van der Waals surface area contributed by atoms with Crippen molar-refractivity contribution in [1.29, 1.82) is 5.26 Å². The molecular weight excluding hydrogens is 494 g/mol. The van der Waals surface area contributed by atoms with Crippen molar-refractivity contribution >= 4 is 34.2 Å². The number of rotatable bonds is 7. The maximum atomic E-state index is 12.4. The highest BCUT2D eigenvalue weighted by molar-refractivity contribution is 7.90. The Balaban J connectivity index is 0.00000361. The first-order valence-corrected chi connectivity index (χ1v) is 14.2. The minimum atomic E-state index is -3.27. The van der Waals surface area contributed by atoms with Crippen molar-refractivity contribution in [1.82, 2.24) is 10.2 Å². The van der Waals surface area contributed by atoms with Gasteiger partial charge in [0, 0.05) is 31.5 Å². The van der Waals surface area contributed by atoms with Gasteiger partial charge in [0.15, 0.2) is 9.84 Å². The van der Waals surface area contributed by atoms with Gasteiger partial charge in [-0.05, 0) is 98.0 Å². The van der Waals surface area contributed by atoms with E-state index in [1.807, 2.05) is 12.1 Å². The van der Waals surface area contributed by atoms with E-state index in [4.69, 9.17) is 5.26 Å². The zero-order chi connectivity index (χ0) is 24.8. The van der Waals surface area contributed by atoms with Crippen LogP contribution in [0.25, 0.3) is 6.08 Å². The molecule has 1 aliphatic carbocycles. The Labute approximate surface area is 220 Å².